The van der Waals surface area contributed by atoms with Gasteiger partial charge in [-0.25, -0.2) is 4.98 Å². The van der Waals surface area contributed by atoms with E-state index >= 15 is 0 Å². The number of amides is 1. The average Bonchev–Trinajstić information content (AvgIpc) is 3.19. The minimum Gasteiger partial charge on any atom is -0.457 e. The van der Waals surface area contributed by atoms with Crippen molar-refractivity contribution in [1.82, 2.24) is 14.7 Å². The first-order valence-corrected chi connectivity index (χ1v) is 9.32. The summed E-state index contributed by atoms with van der Waals surface area (Å²) in [6, 6.07) is 21.5. The van der Waals surface area contributed by atoms with Gasteiger partial charge in [-0.05, 0) is 47.5 Å². The van der Waals surface area contributed by atoms with E-state index in [2.05, 4.69) is 10.3 Å². The molecule has 6 nitrogen and oxygen atoms in total. The maximum atomic E-state index is 12.2. The molecule has 0 saturated heterocycles. The monoisotopic (exact) mass is 387 g/mol. The fourth-order valence-corrected chi connectivity index (χ4v) is 2.97. The van der Waals surface area contributed by atoms with Gasteiger partial charge >= 0.3 is 0 Å². The molecule has 0 aliphatic carbocycles. The molecule has 0 radical (unpaired) electrons. The number of nitrogens with one attached hydrogen (secondary N) is 1. The number of hydrogen-bond acceptors (Lipinski definition) is 4. The quantitative estimate of drug-likeness (QED) is 0.484. The van der Waals surface area contributed by atoms with Crippen LogP contribution >= 0.6 is 0 Å². The van der Waals surface area contributed by atoms with Crippen molar-refractivity contribution in [2.75, 3.05) is 20.3 Å². The molecule has 2 aromatic carbocycles. The van der Waals surface area contributed by atoms with Gasteiger partial charge in [0.05, 0.1) is 6.61 Å². The normalized spacial score (nSPS) is 10.8. The van der Waals surface area contributed by atoms with Crippen molar-refractivity contribution >= 4 is 11.6 Å². The van der Waals surface area contributed by atoms with Crippen molar-refractivity contribution < 1.29 is 14.3 Å². The summed E-state index contributed by atoms with van der Waals surface area (Å²) in [6.45, 7) is 0.916. The number of aromatic nitrogens is 2. The fraction of sp³-hybridized carbons (Fsp3) is 0.130. The van der Waals surface area contributed by atoms with E-state index in [1.54, 1.807) is 13.3 Å². The standard InChI is InChI=1S/C23H21N3O3/c1-28-14-13-24-23(27)21-16-26-15-18(9-12-22(26)25-21)17-7-10-20(11-8-17)29-19-5-3-2-4-6-19/h2-12,15-16H,13-14H2,1H3,(H,24,27). The van der Waals surface area contributed by atoms with E-state index in [0.29, 0.717) is 18.8 Å². The first kappa shape index (κ1) is 18.7. The second-order valence-electron chi connectivity index (χ2n) is 6.50. The molecule has 1 amide bonds. The number of imidazole rings is 1. The van der Waals surface area contributed by atoms with Crippen molar-refractivity contribution in [3.05, 3.63) is 84.8 Å². The molecule has 4 aromatic rings. The zero-order valence-electron chi connectivity index (χ0n) is 16.0. The van der Waals surface area contributed by atoms with Crippen LogP contribution in [0, 0.1) is 0 Å². The number of hydrogen-bond donors (Lipinski definition) is 1. The smallest absolute Gasteiger partial charge is 0.271 e. The van der Waals surface area contributed by atoms with E-state index in [9.17, 15) is 4.79 Å². The molecule has 1 N–H and O–H groups in total. The van der Waals surface area contributed by atoms with Gasteiger partial charge in [-0.1, -0.05) is 30.3 Å². The Hall–Kier alpha value is -3.64. The lowest BCUT2D eigenvalue weighted by Gasteiger charge is -2.07. The maximum Gasteiger partial charge on any atom is 0.271 e. The van der Waals surface area contributed by atoms with Crippen molar-refractivity contribution in [2.45, 2.75) is 0 Å². The molecular weight excluding hydrogens is 366 g/mol. The molecule has 146 valence electrons. The van der Waals surface area contributed by atoms with Crippen LogP contribution in [-0.4, -0.2) is 35.6 Å². The molecule has 6 heteroatoms. The topological polar surface area (TPSA) is 64.9 Å². The summed E-state index contributed by atoms with van der Waals surface area (Å²) in [5, 5.41) is 2.78. The highest BCUT2D eigenvalue weighted by molar-refractivity contribution is 5.92. The Bertz CT molecular complexity index is 1110. The van der Waals surface area contributed by atoms with Crippen LogP contribution in [0.5, 0.6) is 11.5 Å². The van der Waals surface area contributed by atoms with Gasteiger partial charge in [-0.15, -0.1) is 0 Å². The molecule has 0 aliphatic rings. The van der Waals surface area contributed by atoms with Crippen molar-refractivity contribution in [3.8, 4) is 22.6 Å². The van der Waals surface area contributed by atoms with Crippen LogP contribution in [0.4, 0.5) is 0 Å². The molecule has 0 fully saturated rings. The number of fused-ring (bicyclic) bond motifs is 1. The summed E-state index contributed by atoms with van der Waals surface area (Å²) >= 11 is 0. The lowest BCUT2D eigenvalue weighted by Crippen LogP contribution is -2.27. The SMILES string of the molecule is COCCNC(=O)c1cn2cc(-c3ccc(Oc4ccccc4)cc3)ccc2n1. The van der Waals surface area contributed by atoms with Crippen LogP contribution in [0.25, 0.3) is 16.8 Å². The Balaban J connectivity index is 1.51. The lowest BCUT2D eigenvalue weighted by atomic mass is 10.1. The van der Waals surface area contributed by atoms with Crippen molar-refractivity contribution in [1.29, 1.82) is 0 Å². The molecule has 0 unspecified atom stereocenters. The number of ether oxygens (including phenoxy) is 2. The van der Waals surface area contributed by atoms with E-state index in [1.807, 2.05) is 77.3 Å². The summed E-state index contributed by atoms with van der Waals surface area (Å²) in [4.78, 5) is 16.6. The van der Waals surface area contributed by atoms with Crippen LogP contribution in [0.3, 0.4) is 0 Å². The first-order chi connectivity index (χ1) is 14.2. The molecule has 4 rings (SSSR count). The second kappa shape index (κ2) is 8.58. The Morgan fingerprint density at radius 1 is 0.931 bits per heavy atom. The number of benzene rings is 2. The molecule has 0 saturated carbocycles. The highest BCUT2D eigenvalue weighted by Crippen LogP contribution is 2.26. The average molecular weight is 387 g/mol. The van der Waals surface area contributed by atoms with Crippen LogP contribution in [0.15, 0.2) is 79.1 Å². The number of methoxy groups -OCH3 is 1. The second-order valence-corrected chi connectivity index (χ2v) is 6.50. The number of para-hydroxylation sites is 1. The third kappa shape index (κ3) is 4.44. The molecule has 29 heavy (non-hydrogen) atoms. The minimum absolute atomic E-state index is 0.213. The Labute approximate surface area is 168 Å². The molecule has 2 aromatic heterocycles. The Morgan fingerprint density at radius 2 is 1.66 bits per heavy atom. The highest BCUT2D eigenvalue weighted by Gasteiger charge is 2.11. The van der Waals surface area contributed by atoms with E-state index in [-0.39, 0.29) is 5.91 Å². The summed E-state index contributed by atoms with van der Waals surface area (Å²) < 4.78 is 12.6. The number of carbonyl (C=O) groups is 1. The Kier molecular flexibility index (Phi) is 5.54. The molecule has 0 bridgehead atoms. The third-order valence-electron chi connectivity index (χ3n) is 4.44. The summed E-state index contributed by atoms with van der Waals surface area (Å²) in [7, 11) is 1.60. The first-order valence-electron chi connectivity index (χ1n) is 9.32. The number of nitrogens with zero attached hydrogens (tertiary/aromatic N) is 2. The van der Waals surface area contributed by atoms with Gasteiger partial charge in [0.2, 0.25) is 0 Å². The van der Waals surface area contributed by atoms with Gasteiger partial charge in [0.25, 0.3) is 5.91 Å². The van der Waals surface area contributed by atoms with Crippen LogP contribution in [0.1, 0.15) is 10.5 Å². The summed E-state index contributed by atoms with van der Waals surface area (Å²) in [6.07, 6.45) is 3.69. The number of pyridine rings is 1. The lowest BCUT2D eigenvalue weighted by molar-refractivity contribution is 0.0932. The van der Waals surface area contributed by atoms with Gasteiger partial charge in [-0.2, -0.15) is 0 Å². The molecule has 0 spiro atoms. The van der Waals surface area contributed by atoms with Gasteiger partial charge in [0.15, 0.2) is 0 Å². The van der Waals surface area contributed by atoms with Gasteiger partial charge in [-0.3, -0.25) is 4.79 Å². The van der Waals surface area contributed by atoms with Crippen LogP contribution in [0.2, 0.25) is 0 Å². The summed E-state index contributed by atoms with van der Waals surface area (Å²) in [5.74, 6) is 1.37. The number of rotatable bonds is 7. The largest absolute Gasteiger partial charge is 0.457 e. The van der Waals surface area contributed by atoms with Crippen molar-refractivity contribution in [2.24, 2.45) is 0 Å². The van der Waals surface area contributed by atoms with Gasteiger partial charge < -0.3 is 19.2 Å². The molecule has 0 aliphatic heterocycles. The zero-order valence-corrected chi connectivity index (χ0v) is 16.0. The molecular formula is C23H21N3O3. The highest BCUT2D eigenvalue weighted by atomic mass is 16.5. The van der Waals surface area contributed by atoms with Gasteiger partial charge in [0.1, 0.15) is 22.8 Å². The van der Waals surface area contributed by atoms with E-state index in [4.69, 9.17) is 9.47 Å². The van der Waals surface area contributed by atoms with Crippen molar-refractivity contribution in [3.63, 3.8) is 0 Å². The predicted molar refractivity (Wildman–Crippen MR) is 111 cm³/mol. The van der Waals surface area contributed by atoms with Crippen LogP contribution in [-0.2, 0) is 4.74 Å². The summed E-state index contributed by atoms with van der Waals surface area (Å²) in [5.41, 5.74) is 3.17. The predicted octanol–water partition coefficient (Wildman–Crippen LogP) is 4.17. The zero-order chi connectivity index (χ0) is 20.1. The Morgan fingerprint density at radius 3 is 2.41 bits per heavy atom. The fourth-order valence-electron chi connectivity index (χ4n) is 2.97. The van der Waals surface area contributed by atoms with Crippen LogP contribution < -0.4 is 10.1 Å². The maximum absolute atomic E-state index is 12.2. The number of carbonyl (C=O) groups excluding carboxylic acids is 1. The van der Waals surface area contributed by atoms with E-state index < -0.39 is 0 Å². The van der Waals surface area contributed by atoms with E-state index in [1.165, 1.54) is 0 Å². The molecule has 2 heterocycles. The minimum atomic E-state index is -0.213. The van der Waals surface area contributed by atoms with E-state index in [0.717, 1.165) is 28.3 Å². The molecule has 0 atom stereocenters. The third-order valence-corrected chi connectivity index (χ3v) is 4.44. The van der Waals surface area contributed by atoms with Gasteiger partial charge in [0, 0.05) is 26.0 Å².